The number of hydrogen-bond acceptors (Lipinski definition) is 3. The highest BCUT2D eigenvalue weighted by Crippen LogP contribution is 2.36. The van der Waals surface area contributed by atoms with Crippen LogP contribution in [-0.2, 0) is 15.8 Å². The van der Waals surface area contributed by atoms with Crippen molar-refractivity contribution < 1.29 is 22.8 Å². The molecule has 0 aliphatic rings. The number of hydrogen-bond donors (Lipinski definition) is 2. The summed E-state index contributed by atoms with van der Waals surface area (Å²) in [5.41, 5.74) is -0.943. The second-order valence-electron chi connectivity index (χ2n) is 4.16. The highest BCUT2D eigenvalue weighted by Gasteiger charge is 2.33. The molecule has 2 N–H and O–H groups in total. The lowest BCUT2D eigenvalue weighted by atomic mass is 10.2. The van der Waals surface area contributed by atoms with Crippen LogP contribution in [0.4, 0.5) is 13.2 Å². The van der Waals surface area contributed by atoms with Crippen molar-refractivity contribution in [1.82, 2.24) is 10.6 Å². The zero-order valence-corrected chi connectivity index (χ0v) is 13.2. The normalized spacial score (nSPS) is 11.1. The molecule has 0 saturated carbocycles. The maximum Gasteiger partial charge on any atom is 0.417 e. The summed E-state index contributed by atoms with van der Waals surface area (Å²) >= 11 is 6.43. The number of thioether (sulfide) groups is 1. The van der Waals surface area contributed by atoms with E-state index >= 15 is 0 Å². The first-order valence-corrected chi connectivity index (χ1v) is 7.63. The van der Waals surface area contributed by atoms with E-state index in [0.717, 1.165) is 23.9 Å². The molecule has 9 heteroatoms. The Morgan fingerprint density at radius 1 is 1.23 bits per heavy atom. The summed E-state index contributed by atoms with van der Waals surface area (Å²) in [5.74, 6) is -0.871. The molecule has 0 aliphatic heterocycles. The van der Waals surface area contributed by atoms with Gasteiger partial charge >= 0.3 is 6.18 Å². The summed E-state index contributed by atoms with van der Waals surface area (Å²) in [6.45, 7) is 2.03. The smallest absolute Gasteiger partial charge is 0.355 e. The van der Waals surface area contributed by atoms with Gasteiger partial charge in [-0.15, -0.1) is 11.8 Å². The van der Waals surface area contributed by atoms with E-state index in [0.29, 0.717) is 6.54 Å². The molecule has 0 fully saturated rings. The predicted octanol–water partition coefficient (Wildman–Crippen LogP) is 2.70. The molecule has 1 aromatic carbocycles. The van der Waals surface area contributed by atoms with Crippen molar-refractivity contribution in [2.24, 2.45) is 0 Å². The molecule has 1 rings (SSSR count). The van der Waals surface area contributed by atoms with Crippen LogP contribution in [0.1, 0.15) is 12.5 Å². The van der Waals surface area contributed by atoms with Crippen molar-refractivity contribution in [3.05, 3.63) is 28.8 Å². The third-order valence-electron chi connectivity index (χ3n) is 2.43. The van der Waals surface area contributed by atoms with Crippen molar-refractivity contribution in [2.45, 2.75) is 18.0 Å². The van der Waals surface area contributed by atoms with Crippen LogP contribution in [0.2, 0.25) is 5.02 Å². The molecule has 0 aromatic heterocycles. The fourth-order valence-corrected chi connectivity index (χ4v) is 2.44. The molecule has 0 aliphatic carbocycles. The summed E-state index contributed by atoms with van der Waals surface area (Å²) in [5, 5.41) is 4.49. The minimum atomic E-state index is -4.55. The van der Waals surface area contributed by atoms with Crippen LogP contribution in [0.5, 0.6) is 0 Å². The van der Waals surface area contributed by atoms with Crippen molar-refractivity contribution >= 4 is 35.2 Å². The van der Waals surface area contributed by atoms with Gasteiger partial charge < -0.3 is 10.6 Å². The minimum absolute atomic E-state index is 0.0989. The van der Waals surface area contributed by atoms with Gasteiger partial charge in [0.05, 0.1) is 22.9 Å². The minimum Gasteiger partial charge on any atom is -0.355 e. The van der Waals surface area contributed by atoms with E-state index in [1.54, 1.807) is 6.92 Å². The Hall–Kier alpha value is -1.41. The lowest BCUT2D eigenvalue weighted by Crippen LogP contribution is -2.37. The van der Waals surface area contributed by atoms with E-state index in [2.05, 4.69) is 10.6 Å². The van der Waals surface area contributed by atoms with E-state index in [4.69, 9.17) is 11.6 Å². The summed E-state index contributed by atoms with van der Waals surface area (Å²) in [4.78, 5) is 22.9. The van der Waals surface area contributed by atoms with Crippen LogP contribution < -0.4 is 10.6 Å². The van der Waals surface area contributed by atoms with Gasteiger partial charge in [0, 0.05) is 11.4 Å². The van der Waals surface area contributed by atoms with Crippen LogP contribution in [-0.4, -0.2) is 30.7 Å². The Morgan fingerprint density at radius 2 is 1.91 bits per heavy atom. The second kappa shape index (κ2) is 8.28. The highest BCUT2D eigenvalue weighted by atomic mass is 35.5. The lowest BCUT2D eigenvalue weighted by Gasteiger charge is -2.10. The number of carbonyl (C=O) groups excluding carboxylic acids is 2. The van der Waals surface area contributed by atoms with Crippen molar-refractivity contribution in [1.29, 1.82) is 0 Å². The van der Waals surface area contributed by atoms with E-state index in [-0.39, 0.29) is 23.1 Å². The third-order valence-corrected chi connectivity index (χ3v) is 3.76. The first-order chi connectivity index (χ1) is 10.2. The summed E-state index contributed by atoms with van der Waals surface area (Å²) < 4.78 is 38.1. The van der Waals surface area contributed by atoms with Crippen LogP contribution in [0.15, 0.2) is 23.1 Å². The molecule has 0 spiro atoms. The molecule has 0 radical (unpaired) electrons. The largest absolute Gasteiger partial charge is 0.417 e. The topological polar surface area (TPSA) is 58.2 Å². The Kier molecular flexibility index (Phi) is 7.02. The van der Waals surface area contributed by atoms with E-state index in [9.17, 15) is 22.8 Å². The average Bonchev–Trinajstić information content (AvgIpc) is 2.43. The van der Waals surface area contributed by atoms with Crippen molar-refractivity contribution in [3.63, 3.8) is 0 Å². The molecule has 22 heavy (non-hydrogen) atoms. The number of amides is 2. The van der Waals surface area contributed by atoms with Gasteiger partial charge in [-0.3, -0.25) is 9.59 Å². The molecular formula is C13H14ClF3N2O2S. The standard InChI is InChI=1S/C13H14ClF3N2O2S/c1-2-18-11(20)6-19-12(21)7-22-8-3-4-10(14)9(5-8)13(15,16)17/h3-5H,2,6-7H2,1H3,(H,18,20)(H,19,21). The highest BCUT2D eigenvalue weighted by molar-refractivity contribution is 8.00. The number of halogens is 4. The second-order valence-corrected chi connectivity index (χ2v) is 5.61. The number of likely N-dealkylation sites (N-methyl/N-ethyl adjacent to an activating group) is 1. The van der Waals surface area contributed by atoms with Gasteiger partial charge in [0.15, 0.2) is 0 Å². The Morgan fingerprint density at radius 3 is 2.50 bits per heavy atom. The SMILES string of the molecule is CCNC(=O)CNC(=O)CSc1ccc(Cl)c(C(F)(F)F)c1. The molecule has 1 aromatic rings. The number of carbonyl (C=O) groups is 2. The average molecular weight is 355 g/mol. The number of benzene rings is 1. The fraction of sp³-hybridized carbons (Fsp3) is 0.385. The van der Waals surface area contributed by atoms with Gasteiger partial charge in [-0.1, -0.05) is 11.6 Å². The van der Waals surface area contributed by atoms with Crippen molar-refractivity contribution in [2.75, 3.05) is 18.8 Å². The summed E-state index contributed by atoms with van der Waals surface area (Å²) in [6, 6.07) is 3.43. The molecule has 4 nitrogen and oxygen atoms in total. The van der Waals surface area contributed by atoms with Crippen LogP contribution >= 0.6 is 23.4 Å². The van der Waals surface area contributed by atoms with Gasteiger partial charge in [0.2, 0.25) is 11.8 Å². The number of rotatable bonds is 6. The monoisotopic (exact) mass is 354 g/mol. The quantitative estimate of drug-likeness (QED) is 0.772. The molecule has 0 saturated heterocycles. The van der Waals surface area contributed by atoms with Crippen LogP contribution in [0.25, 0.3) is 0 Å². The van der Waals surface area contributed by atoms with Crippen molar-refractivity contribution in [3.8, 4) is 0 Å². The van der Waals surface area contributed by atoms with Crippen LogP contribution in [0.3, 0.4) is 0 Å². The van der Waals surface area contributed by atoms with Gasteiger partial charge in [-0.25, -0.2) is 0 Å². The van der Waals surface area contributed by atoms with Crippen LogP contribution in [0, 0.1) is 0 Å². The molecule has 0 bridgehead atoms. The Bertz CT molecular complexity index is 553. The maximum atomic E-state index is 12.7. The number of alkyl halides is 3. The third kappa shape index (κ3) is 6.15. The molecule has 0 atom stereocenters. The Balaban J connectivity index is 2.55. The maximum absolute atomic E-state index is 12.7. The first kappa shape index (κ1) is 18.6. The van der Waals surface area contributed by atoms with Gasteiger partial charge in [-0.2, -0.15) is 13.2 Å². The molecule has 122 valence electrons. The van der Waals surface area contributed by atoms with E-state index in [1.165, 1.54) is 6.07 Å². The van der Waals surface area contributed by atoms with Gasteiger partial charge in [-0.05, 0) is 25.1 Å². The lowest BCUT2D eigenvalue weighted by molar-refractivity contribution is -0.137. The summed E-state index contributed by atoms with van der Waals surface area (Å²) in [6.07, 6.45) is -4.55. The molecule has 2 amide bonds. The predicted molar refractivity (Wildman–Crippen MR) is 78.9 cm³/mol. The molecule has 0 heterocycles. The zero-order valence-electron chi connectivity index (χ0n) is 11.6. The summed E-state index contributed by atoms with van der Waals surface area (Å²) in [7, 11) is 0. The van der Waals surface area contributed by atoms with Gasteiger partial charge in [0.25, 0.3) is 0 Å². The van der Waals surface area contributed by atoms with Gasteiger partial charge in [0.1, 0.15) is 0 Å². The number of nitrogens with one attached hydrogen (secondary N) is 2. The van der Waals surface area contributed by atoms with E-state index in [1.807, 2.05) is 0 Å². The molecular weight excluding hydrogens is 341 g/mol. The Labute approximate surface area is 134 Å². The van der Waals surface area contributed by atoms with E-state index < -0.39 is 22.7 Å². The zero-order chi connectivity index (χ0) is 16.8. The first-order valence-electron chi connectivity index (χ1n) is 6.27. The fourth-order valence-electron chi connectivity index (χ4n) is 1.45. The molecule has 0 unspecified atom stereocenters.